The summed E-state index contributed by atoms with van der Waals surface area (Å²) < 4.78 is 1.86. The first kappa shape index (κ1) is 15.9. The number of hydrogen-bond acceptors (Lipinski definition) is 4. The smallest absolute Gasteiger partial charge is 0.258 e. The second-order valence-electron chi connectivity index (χ2n) is 5.58. The van der Waals surface area contributed by atoms with Crippen molar-refractivity contribution in [2.45, 2.75) is 26.3 Å². The van der Waals surface area contributed by atoms with Crippen molar-refractivity contribution in [3.63, 3.8) is 0 Å². The fourth-order valence-electron chi connectivity index (χ4n) is 2.68. The lowest BCUT2D eigenvalue weighted by molar-refractivity contribution is -0.384. The summed E-state index contributed by atoms with van der Waals surface area (Å²) in [5, 5.41) is 19.5. The van der Waals surface area contributed by atoms with Crippen LogP contribution >= 0.6 is 0 Å². The number of benzene rings is 2. The highest BCUT2D eigenvalue weighted by atomic mass is 16.6. The zero-order valence-electron chi connectivity index (χ0n) is 13.4. The van der Waals surface area contributed by atoms with Crippen LogP contribution in [0, 0.1) is 10.1 Å². The van der Waals surface area contributed by atoms with E-state index in [0.717, 1.165) is 35.4 Å². The van der Waals surface area contributed by atoms with Crippen LogP contribution in [0.4, 0.5) is 5.69 Å². The van der Waals surface area contributed by atoms with E-state index in [1.807, 2.05) is 35.0 Å². The normalized spacial score (nSPS) is 10.7. The third-order valence-electron chi connectivity index (χ3n) is 3.82. The largest absolute Gasteiger partial charge is 0.269 e. The Hall–Kier alpha value is -3.02. The molecule has 0 fully saturated rings. The Bertz CT molecular complexity index is 826. The lowest BCUT2D eigenvalue weighted by atomic mass is 10.1. The second-order valence-corrected chi connectivity index (χ2v) is 5.58. The molecule has 0 spiro atoms. The van der Waals surface area contributed by atoms with Gasteiger partial charge in [-0.05, 0) is 24.1 Å². The van der Waals surface area contributed by atoms with Gasteiger partial charge in [-0.2, -0.15) is 0 Å². The Balaban J connectivity index is 2.00. The SMILES string of the molecule is CCCc1nnn(Cc2ccccc2)c1-c1ccc([N+](=O)[O-])cc1. The third-order valence-corrected chi connectivity index (χ3v) is 3.82. The minimum atomic E-state index is -0.393. The molecule has 0 unspecified atom stereocenters. The predicted octanol–water partition coefficient (Wildman–Crippen LogP) is 3.85. The molecule has 6 heteroatoms. The van der Waals surface area contributed by atoms with Crippen LogP contribution in [0.15, 0.2) is 54.6 Å². The number of hydrogen-bond donors (Lipinski definition) is 0. The summed E-state index contributed by atoms with van der Waals surface area (Å²) in [6.45, 7) is 2.71. The number of non-ortho nitro benzene ring substituents is 1. The highest BCUT2D eigenvalue weighted by Crippen LogP contribution is 2.26. The van der Waals surface area contributed by atoms with Gasteiger partial charge in [0, 0.05) is 17.7 Å². The summed E-state index contributed by atoms with van der Waals surface area (Å²) in [7, 11) is 0. The lowest BCUT2D eigenvalue weighted by Crippen LogP contribution is -2.04. The molecule has 1 aromatic heterocycles. The topological polar surface area (TPSA) is 73.8 Å². The second kappa shape index (κ2) is 7.04. The van der Waals surface area contributed by atoms with E-state index in [1.165, 1.54) is 12.1 Å². The zero-order valence-corrected chi connectivity index (χ0v) is 13.4. The van der Waals surface area contributed by atoms with Gasteiger partial charge in [-0.3, -0.25) is 10.1 Å². The Labute approximate surface area is 139 Å². The van der Waals surface area contributed by atoms with Crippen molar-refractivity contribution < 1.29 is 4.92 Å². The Morgan fingerprint density at radius 2 is 1.79 bits per heavy atom. The highest BCUT2D eigenvalue weighted by Gasteiger charge is 2.16. The fraction of sp³-hybridized carbons (Fsp3) is 0.222. The summed E-state index contributed by atoms with van der Waals surface area (Å²) in [5.74, 6) is 0. The van der Waals surface area contributed by atoms with Crippen LogP contribution in [0.2, 0.25) is 0 Å². The van der Waals surface area contributed by atoms with Crippen molar-refractivity contribution in [3.8, 4) is 11.3 Å². The number of nitro groups is 1. The van der Waals surface area contributed by atoms with Crippen molar-refractivity contribution in [2.24, 2.45) is 0 Å². The van der Waals surface area contributed by atoms with Gasteiger partial charge in [-0.1, -0.05) is 48.9 Å². The molecule has 0 atom stereocenters. The molecule has 2 aromatic carbocycles. The van der Waals surface area contributed by atoms with E-state index in [0.29, 0.717) is 6.54 Å². The molecular weight excluding hydrogens is 304 g/mol. The van der Waals surface area contributed by atoms with Gasteiger partial charge in [0.15, 0.2) is 0 Å². The maximum Gasteiger partial charge on any atom is 0.269 e. The zero-order chi connectivity index (χ0) is 16.9. The van der Waals surface area contributed by atoms with Gasteiger partial charge < -0.3 is 0 Å². The number of rotatable bonds is 6. The van der Waals surface area contributed by atoms with Gasteiger partial charge in [0.05, 0.1) is 22.9 Å². The van der Waals surface area contributed by atoms with E-state index in [4.69, 9.17) is 0 Å². The molecule has 24 heavy (non-hydrogen) atoms. The molecule has 1 heterocycles. The molecule has 3 rings (SSSR count). The monoisotopic (exact) mass is 322 g/mol. The predicted molar refractivity (Wildman–Crippen MR) is 91.7 cm³/mol. The molecule has 0 amide bonds. The Morgan fingerprint density at radius 3 is 2.42 bits per heavy atom. The van der Waals surface area contributed by atoms with Crippen molar-refractivity contribution in [1.29, 1.82) is 0 Å². The molecule has 0 saturated carbocycles. The first-order valence-electron chi connectivity index (χ1n) is 7.90. The van der Waals surface area contributed by atoms with Crippen LogP contribution in [0.3, 0.4) is 0 Å². The average Bonchev–Trinajstić information content (AvgIpc) is 2.98. The quantitative estimate of drug-likeness (QED) is 0.510. The average molecular weight is 322 g/mol. The van der Waals surface area contributed by atoms with Crippen LogP contribution < -0.4 is 0 Å². The van der Waals surface area contributed by atoms with Gasteiger partial charge in [0.2, 0.25) is 0 Å². The third kappa shape index (κ3) is 3.32. The van der Waals surface area contributed by atoms with E-state index in [1.54, 1.807) is 12.1 Å². The molecular formula is C18H18N4O2. The Kier molecular flexibility index (Phi) is 4.65. The van der Waals surface area contributed by atoms with Crippen LogP contribution in [-0.4, -0.2) is 19.9 Å². The highest BCUT2D eigenvalue weighted by molar-refractivity contribution is 5.63. The van der Waals surface area contributed by atoms with E-state index < -0.39 is 4.92 Å². The number of nitro benzene ring substituents is 1. The lowest BCUT2D eigenvalue weighted by Gasteiger charge is -2.08. The molecule has 0 radical (unpaired) electrons. The molecule has 0 bridgehead atoms. The van der Waals surface area contributed by atoms with Crippen molar-refractivity contribution in [3.05, 3.63) is 76.0 Å². The fourth-order valence-corrected chi connectivity index (χ4v) is 2.68. The van der Waals surface area contributed by atoms with Crippen molar-refractivity contribution in [1.82, 2.24) is 15.0 Å². The minimum Gasteiger partial charge on any atom is -0.258 e. The van der Waals surface area contributed by atoms with Crippen LogP contribution in [0.5, 0.6) is 0 Å². The molecule has 0 aliphatic carbocycles. The summed E-state index contributed by atoms with van der Waals surface area (Å²) in [5.41, 5.74) is 3.95. The number of nitrogens with zero attached hydrogens (tertiary/aromatic N) is 4. The number of aromatic nitrogens is 3. The van der Waals surface area contributed by atoms with Crippen LogP contribution in [0.25, 0.3) is 11.3 Å². The van der Waals surface area contributed by atoms with Crippen molar-refractivity contribution >= 4 is 5.69 Å². The van der Waals surface area contributed by atoms with Gasteiger partial charge in [-0.25, -0.2) is 4.68 Å². The first-order valence-corrected chi connectivity index (χ1v) is 7.90. The van der Waals surface area contributed by atoms with E-state index >= 15 is 0 Å². The maximum absolute atomic E-state index is 10.9. The van der Waals surface area contributed by atoms with Crippen LogP contribution in [-0.2, 0) is 13.0 Å². The molecule has 0 N–H and O–H groups in total. The molecule has 6 nitrogen and oxygen atoms in total. The van der Waals surface area contributed by atoms with Gasteiger partial charge >= 0.3 is 0 Å². The van der Waals surface area contributed by atoms with Gasteiger partial charge in [0.25, 0.3) is 5.69 Å². The van der Waals surface area contributed by atoms with E-state index in [2.05, 4.69) is 17.2 Å². The molecule has 0 aliphatic rings. The summed E-state index contributed by atoms with van der Waals surface area (Å²) in [4.78, 5) is 10.5. The summed E-state index contributed by atoms with van der Waals surface area (Å²) in [6.07, 6.45) is 1.78. The Morgan fingerprint density at radius 1 is 1.08 bits per heavy atom. The van der Waals surface area contributed by atoms with Gasteiger partial charge in [-0.15, -0.1) is 5.10 Å². The molecule has 0 aliphatic heterocycles. The van der Waals surface area contributed by atoms with E-state index in [-0.39, 0.29) is 5.69 Å². The van der Waals surface area contributed by atoms with Gasteiger partial charge in [0.1, 0.15) is 0 Å². The molecule has 3 aromatic rings. The minimum absolute atomic E-state index is 0.0814. The standard InChI is InChI=1S/C18H18N4O2/c1-2-6-17-18(15-9-11-16(12-10-15)22(23)24)21(20-19-17)13-14-7-4-3-5-8-14/h3-5,7-12H,2,6,13H2,1H3. The first-order chi connectivity index (χ1) is 11.7. The molecule has 0 saturated heterocycles. The maximum atomic E-state index is 10.9. The van der Waals surface area contributed by atoms with Crippen LogP contribution in [0.1, 0.15) is 24.6 Å². The number of aryl methyl sites for hydroxylation is 1. The summed E-state index contributed by atoms with van der Waals surface area (Å²) >= 11 is 0. The van der Waals surface area contributed by atoms with Crippen molar-refractivity contribution in [2.75, 3.05) is 0 Å². The molecule has 122 valence electrons. The van der Waals surface area contributed by atoms with E-state index in [9.17, 15) is 10.1 Å². The summed E-state index contributed by atoms with van der Waals surface area (Å²) in [6, 6.07) is 16.6.